The Labute approximate surface area is 403 Å². The molecule has 1 aliphatic heterocycles. The molecule has 6 rings (SSSR count). The van der Waals surface area contributed by atoms with Crippen LogP contribution in [0.1, 0.15) is 63.4 Å². The molecule has 9 atom stereocenters. The van der Waals surface area contributed by atoms with Crippen LogP contribution in [0.25, 0.3) is 0 Å². The van der Waals surface area contributed by atoms with Crippen molar-refractivity contribution in [3.05, 3.63) is 82.9 Å². The van der Waals surface area contributed by atoms with Gasteiger partial charge in [-0.15, -0.1) is 0 Å². The number of carbonyl (C=O) groups excluding carboxylic acids is 6. The first-order chi connectivity index (χ1) is 30.2. The molecule has 0 aromatic heterocycles. The van der Waals surface area contributed by atoms with Crippen LogP contribution in [-0.4, -0.2) is 104 Å². The first-order valence-corrected chi connectivity index (χ1v) is 22.2. The van der Waals surface area contributed by atoms with Crippen LogP contribution in [0.2, 0.25) is 0 Å². The molecule has 22 heteroatoms. The minimum atomic E-state index is -2.52. The summed E-state index contributed by atoms with van der Waals surface area (Å²) in [4.78, 5) is 95.7. The van der Waals surface area contributed by atoms with Gasteiger partial charge in [0.05, 0.1) is 23.5 Å². The molecule has 0 amide bonds. The Hall–Kier alpha value is -3.58. The highest BCUT2D eigenvalue weighted by Gasteiger charge is 2.79. The summed E-state index contributed by atoms with van der Waals surface area (Å²) < 4.78 is 36.6. The SMILES string of the molecule is CC(=O)OC12COC1CC(OC(=O)OCC(Cl)(Cl)Cl)[C@@]1(C)C(=O)C(C(=O)OOCC(Cl)(Cl)Cl)C3=C(C)C(OC(=O)OCc4ccccc4)CC(O)(C(OC(=O)c4ccccc4)C21)C3(C)C. The topological polar surface area (TPSA) is 206 Å². The quantitative estimate of drug-likeness (QED) is 0.0430. The highest BCUT2D eigenvalue weighted by Crippen LogP contribution is 2.65. The summed E-state index contributed by atoms with van der Waals surface area (Å²) in [6.07, 6.45) is -10.1. The van der Waals surface area contributed by atoms with E-state index in [2.05, 4.69) is 0 Å². The van der Waals surface area contributed by atoms with Crippen molar-refractivity contribution < 1.29 is 76.8 Å². The lowest BCUT2D eigenvalue weighted by molar-refractivity contribution is -0.346. The zero-order chi connectivity index (χ0) is 47.9. The lowest BCUT2D eigenvalue weighted by atomic mass is 9.43. The summed E-state index contributed by atoms with van der Waals surface area (Å²) in [5.74, 6) is -8.34. The maximum atomic E-state index is 16.1. The highest BCUT2D eigenvalue weighted by molar-refractivity contribution is 6.68. The van der Waals surface area contributed by atoms with Crippen LogP contribution in [0.15, 0.2) is 71.8 Å². The molecule has 3 aliphatic carbocycles. The van der Waals surface area contributed by atoms with Crippen molar-refractivity contribution >= 4 is 106 Å². The second-order valence-electron chi connectivity index (χ2n) is 16.9. The van der Waals surface area contributed by atoms with Gasteiger partial charge in [-0.1, -0.05) is 132 Å². The van der Waals surface area contributed by atoms with Gasteiger partial charge in [0.25, 0.3) is 0 Å². The minimum absolute atomic E-state index is 0.00145. The number of carbonyl (C=O) groups is 6. The third kappa shape index (κ3) is 10.3. The van der Waals surface area contributed by atoms with Gasteiger partial charge in [0.15, 0.2) is 11.4 Å². The highest BCUT2D eigenvalue weighted by atomic mass is 35.6. The maximum Gasteiger partial charge on any atom is 0.509 e. The Bertz CT molecular complexity index is 2200. The minimum Gasteiger partial charge on any atom is -0.455 e. The first-order valence-electron chi connectivity index (χ1n) is 20.0. The Morgan fingerprint density at radius 3 is 2.00 bits per heavy atom. The monoisotopic (exact) mass is 1030 g/mol. The number of benzene rings is 2. The van der Waals surface area contributed by atoms with E-state index in [1.54, 1.807) is 48.5 Å². The summed E-state index contributed by atoms with van der Waals surface area (Å²) in [7, 11) is 0. The van der Waals surface area contributed by atoms with E-state index < -0.39 is 135 Å². The van der Waals surface area contributed by atoms with Gasteiger partial charge in [-0.3, -0.25) is 14.5 Å². The molecule has 3 fully saturated rings. The van der Waals surface area contributed by atoms with E-state index in [0.29, 0.717) is 5.56 Å². The van der Waals surface area contributed by atoms with Gasteiger partial charge in [0.1, 0.15) is 55.8 Å². The van der Waals surface area contributed by atoms with Crippen molar-refractivity contribution in [1.29, 1.82) is 0 Å². The fourth-order valence-corrected chi connectivity index (χ4v) is 9.85. The van der Waals surface area contributed by atoms with Crippen molar-refractivity contribution in [1.82, 2.24) is 0 Å². The van der Waals surface area contributed by atoms with Gasteiger partial charge in [0, 0.05) is 25.2 Å². The number of fused-ring (bicyclic) bond motifs is 5. The lowest BCUT2D eigenvalue weighted by Crippen LogP contribution is -2.82. The smallest absolute Gasteiger partial charge is 0.455 e. The summed E-state index contributed by atoms with van der Waals surface area (Å²) in [6.45, 7) is 4.46. The average Bonchev–Trinajstić information content (AvgIpc) is 3.21. The van der Waals surface area contributed by atoms with Gasteiger partial charge in [-0.25, -0.2) is 19.2 Å². The number of ether oxygens (including phenoxy) is 7. The van der Waals surface area contributed by atoms with Gasteiger partial charge < -0.3 is 38.3 Å². The summed E-state index contributed by atoms with van der Waals surface area (Å²) in [5, 5.41) is 13.8. The van der Waals surface area contributed by atoms with Gasteiger partial charge in [-0.2, -0.15) is 4.89 Å². The van der Waals surface area contributed by atoms with Crippen LogP contribution < -0.4 is 0 Å². The summed E-state index contributed by atoms with van der Waals surface area (Å²) in [5.41, 5.74) is -8.19. The van der Waals surface area contributed by atoms with Gasteiger partial charge >= 0.3 is 30.2 Å². The van der Waals surface area contributed by atoms with Gasteiger partial charge in [0.2, 0.25) is 7.59 Å². The predicted octanol–water partition coefficient (Wildman–Crippen LogP) is 8.07. The molecule has 2 aromatic carbocycles. The second kappa shape index (κ2) is 19.2. The molecule has 0 radical (unpaired) electrons. The fraction of sp³-hybridized carbons (Fsp3) is 0.535. The Morgan fingerprint density at radius 1 is 0.831 bits per heavy atom. The van der Waals surface area contributed by atoms with E-state index >= 15 is 4.79 Å². The third-order valence-corrected chi connectivity index (χ3v) is 13.2. The number of hydrogen-bond donors (Lipinski definition) is 1. The van der Waals surface area contributed by atoms with Gasteiger partial charge in [-0.05, 0) is 42.7 Å². The molecule has 1 heterocycles. The molecule has 8 unspecified atom stereocenters. The van der Waals surface area contributed by atoms with Crippen LogP contribution in [0, 0.1) is 22.7 Å². The molecule has 1 N–H and O–H groups in total. The predicted molar refractivity (Wildman–Crippen MR) is 231 cm³/mol. The van der Waals surface area contributed by atoms with E-state index in [0.717, 1.165) is 6.92 Å². The number of rotatable bonds is 11. The Balaban J connectivity index is 1.61. The second-order valence-corrected chi connectivity index (χ2v) is 21.9. The number of alkyl halides is 6. The number of Topliss-reactive ketones (excluding diaryl/α,β-unsaturated/α-hetero) is 1. The van der Waals surface area contributed by atoms with Crippen LogP contribution >= 0.6 is 69.6 Å². The molecular weight excluding hydrogens is 985 g/mol. The number of halogens is 6. The standard InChI is InChI=1S/C43H44Cl6O16/c1-22-26(61-36(54)57-18-24-12-8-6-9-13-24)17-41(56)33(63-34(52)25-14-10-7-11-15-25)31-39(5,32(51)29(30(22)38(41,3)4)35(53)65-60-21-43(47,48)49)27(62-37(55)59-20-42(44,45)46)16-28-40(31,19-58-28)64-23(2)50/h6-15,26-29,31,33,56H,16-21H2,1-5H3/t26?,27?,28?,29?,31?,33?,39-,40?,41?/m1/s1. The summed E-state index contributed by atoms with van der Waals surface area (Å²) >= 11 is 35.2. The van der Waals surface area contributed by atoms with Crippen LogP contribution in [-0.2, 0) is 63.9 Å². The molecule has 4 aliphatic rings. The molecule has 16 nitrogen and oxygen atoms in total. The zero-order valence-corrected chi connectivity index (χ0v) is 39.9. The Morgan fingerprint density at radius 2 is 1.43 bits per heavy atom. The van der Waals surface area contributed by atoms with Crippen LogP contribution in [0.3, 0.4) is 0 Å². The van der Waals surface area contributed by atoms with Crippen molar-refractivity contribution in [2.45, 2.75) is 97.3 Å². The maximum absolute atomic E-state index is 16.1. The van der Waals surface area contributed by atoms with Crippen molar-refractivity contribution in [3.8, 4) is 0 Å². The number of hydrogen-bond acceptors (Lipinski definition) is 16. The van der Waals surface area contributed by atoms with E-state index in [1.807, 2.05) is 0 Å². The fourth-order valence-electron chi connectivity index (χ4n) is 9.56. The number of aliphatic hydroxyl groups is 1. The molecule has 354 valence electrons. The van der Waals surface area contributed by atoms with Crippen molar-refractivity contribution in [2.24, 2.45) is 22.7 Å². The van der Waals surface area contributed by atoms with E-state index in [9.17, 15) is 29.1 Å². The summed E-state index contributed by atoms with van der Waals surface area (Å²) in [6, 6.07) is 16.3. The Kier molecular flexibility index (Phi) is 15.0. The van der Waals surface area contributed by atoms with E-state index in [1.165, 1.54) is 39.8 Å². The number of ketones is 1. The molecule has 1 saturated heterocycles. The molecule has 2 saturated carbocycles. The molecule has 2 bridgehead atoms. The first kappa shape index (κ1) is 50.8. The molecular formula is C43H44Cl6O16. The van der Waals surface area contributed by atoms with E-state index in [4.69, 9.17) is 113 Å². The van der Waals surface area contributed by atoms with Crippen molar-refractivity contribution in [3.63, 3.8) is 0 Å². The molecule has 65 heavy (non-hydrogen) atoms. The molecule has 2 aromatic rings. The average molecular weight is 1030 g/mol. The van der Waals surface area contributed by atoms with Crippen LogP contribution in [0.5, 0.6) is 0 Å². The van der Waals surface area contributed by atoms with Crippen molar-refractivity contribution in [2.75, 3.05) is 19.8 Å². The lowest BCUT2D eigenvalue weighted by Gasteiger charge is -2.67. The van der Waals surface area contributed by atoms with Crippen LogP contribution in [0.4, 0.5) is 9.59 Å². The molecule has 0 spiro atoms. The normalized spacial score (nSPS) is 30.4. The largest absolute Gasteiger partial charge is 0.509 e. The van der Waals surface area contributed by atoms with E-state index in [-0.39, 0.29) is 23.3 Å². The third-order valence-electron chi connectivity index (χ3n) is 12.5. The zero-order valence-electron chi connectivity index (χ0n) is 35.3. The number of esters is 2.